The van der Waals surface area contributed by atoms with Gasteiger partial charge in [0.15, 0.2) is 0 Å². The van der Waals surface area contributed by atoms with Gasteiger partial charge in [0.2, 0.25) is 5.91 Å². The SMILES string of the molecule is CC(NC(=O)C1CCN(S(=O)(=O)N(C)C)CC1)c1ccc(F)cc1. The van der Waals surface area contributed by atoms with Crippen LogP contribution in [0, 0.1) is 11.7 Å². The number of nitrogens with zero attached hydrogens (tertiary/aromatic N) is 2. The van der Waals surface area contributed by atoms with Crippen molar-refractivity contribution < 1.29 is 17.6 Å². The number of rotatable bonds is 5. The Balaban J connectivity index is 1.90. The van der Waals surface area contributed by atoms with Crippen molar-refractivity contribution in [2.75, 3.05) is 27.2 Å². The molecule has 1 atom stereocenters. The molecule has 1 aromatic rings. The Morgan fingerprint density at radius 2 is 1.79 bits per heavy atom. The van der Waals surface area contributed by atoms with Crippen LogP contribution in [0.5, 0.6) is 0 Å². The summed E-state index contributed by atoms with van der Waals surface area (Å²) in [5.74, 6) is -0.609. The fourth-order valence-corrected chi connectivity index (χ4v) is 3.88. The number of amides is 1. The first-order valence-electron chi connectivity index (χ1n) is 7.95. The molecule has 0 saturated carbocycles. The number of halogens is 1. The quantitative estimate of drug-likeness (QED) is 0.869. The highest BCUT2D eigenvalue weighted by Crippen LogP contribution is 2.22. The lowest BCUT2D eigenvalue weighted by Crippen LogP contribution is -2.47. The maximum atomic E-state index is 12.9. The van der Waals surface area contributed by atoms with Gasteiger partial charge in [-0.05, 0) is 37.5 Å². The van der Waals surface area contributed by atoms with Gasteiger partial charge in [-0.1, -0.05) is 12.1 Å². The van der Waals surface area contributed by atoms with Crippen LogP contribution < -0.4 is 5.32 Å². The van der Waals surface area contributed by atoms with Crippen LogP contribution in [0.2, 0.25) is 0 Å². The van der Waals surface area contributed by atoms with Gasteiger partial charge in [-0.25, -0.2) is 4.39 Å². The maximum absolute atomic E-state index is 12.9. The van der Waals surface area contributed by atoms with Crippen LogP contribution in [0.15, 0.2) is 24.3 Å². The Hall–Kier alpha value is -1.51. The number of nitrogens with one attached hydrogen (secondary N) is 1. The first kappa shape index (κ1) is 18.8. The normalized spacial score (nSPS) is 18.5. The second-order valence-corrected chi connectivity index (χ2v) is 8.39. The third kappa shape index (κ3) is 4.31. The molecule has 1 saturated heterocycles. The first-order valence-corrected chi connectivity index (χ1v) is 9.35. The van der Waals surface area contributed by atoms with E-state index in [9.17, 15) is 17.6 Å². The van der Waals surface area contributed by atoms with Gasteiger partial charge in [0.25, 0.3) is 10.2 Å². The van der Waals surface area contributed by atoms with E-state index in [-0.39, 0.29) is 23.7 Å². The van der Waals surface area contributed by atoms with Crippen molar-refractivity contribution in [3.63, 3.8) is 0 Å². The second kappa shape index (κ2) is 7.58. The summed E-state index contributed by atoms with van der Waals surface area (Å²) in [6.07, 6.45) is 0.990. The highest BCUT2D eigenvalue weighted by atomic mass is 32.2. The topological polar surface area (TPSA) is 69.7 Å². The summed E-state index contributed by atoms with van der Waals surface area (Å²) in [4.78, 5) is 12.4. The van der Waals surface area contributed by atoms with Crippen molar-refractivity contribution >= 4 is 16.1 Å². The van der Waals surface area contributed by atoms with Gasteiger partial charge in [0, 0.05) is 33.1 Å². The summed E-state index contributed by atoms with van der Waals surface area (Å²) in [6.45, 7) is 2.52. The average molecular weight is 357 g/mol. The molecular formula is C16H24FN3O3S. The summed E-state index contributed by atoms with van der Waals surface area (Å²) >= 11 is 0. The molecule has 1 heterocycles. The Kier molecular flexibility index (Phi) is 5.95. The van der Waals surface area contributed by atoms with Gasteiger partial charge in [-0.2, -0.15) is 17.0 Å². The molecule has 0 spiro atoms. The van der Waals surface area contributed by atoms with Gasteiger partial charge >= 0.3 is 0 Å². The number of benzene rings is 1. The number of piperidine rings is 1. The summed E-state index contributed by atoms with van der Waals surface area (Å²) in [6, 6.07) is 5.80. The van der Waals surface area contributed by atoms with Crippen LogP contribution in [0.4, 0.5) is 4.39 Å². The minimum atomic E-state index is -3.42. The van der Waals surface area contributed by atoms with Gasteiger partial charge in [0.1, 0.15) is 5.82 Å². The van der Waals surface area contributed by atoms with E-state index in [0.717, 1.165) is 5.56 Å². The van der Waals surface area contributed by atoms with Crippen molar-refractivity contribution in [3.8, 4) is 0 Å². The molecule has 2 rings (SSSR count). The summed E-state index contributed by atoms with van der Waals surface area (Å²) in [5, 5.41) is 2.92. The van der Waals surface area contributed by atoms with Crippen LogP contribution >= 0.6 is 0 Å². The van der Waals surface area contributed by atoms with E-state index in [1.54, 1.807) is 12.1 Å². The fourth-order valence-electron chi connectivity index (χ4n) is 2.75. The van der Waals surface area contributed by atoms with E-state index < -0.39 is 10.2 Å². The van der Waals surface area contributed by atoms with E-state index in [1.165, 1.54) is 34.8 Å². The highest BCUT2D eigenvalue weighted by molar-refractivity contribution is 7.86. The smallest absolute Gasteiger partial charge is 0.281 e. The average Bonchev–Trinajstić information content (AvgIpc) is 2.55. The molecule has 1 aliphatic rings. The zero-order valence-electron chi connectivity index (χ0n) is 14.2. The Morgan fingerprint density at radius 3 is 2.29 bits per heavy atom. The van der Waals surface area contributed by atoms with Gasteiger partial charge in [0.05, 0.1) is 6.04 Å². The van der Waals surface area contributed by atoms with Crippen molar-refractivity contribution in [2.24, 2.45) is 5.92 Å². The predicted octanol–water partition coefficient (Wildman–Crippen LogP) is 1.52. The zero-order chi connectivity index (χ0) is 17.9. The van der Waals surface area contributed by atoms with Gasteiger partial charge in [-0.15, -0.1) is 0 Å². The standard InChI is InChI=1S/C16H24FN3O3S/c1-12(13-4-6-15(17)7-5-13)18-16(21)14-8-10-20(11-9-14)24(22,23)19(2)3/h4-7,12,14H,8-11H2,1-3H3,(H,18,21). The minimum Gasteiger partial charge on any atom is -0.349 e. The van der Waals surface area contributed by atoms with Crippen LogP contribution in [0.3, 0.4) is 0 Å². The summed E-state index contributed by atoms with van der Waals surface area (Å²) in [7, 11) is -0.423. The van der Waals surface area contributed by atoms with Crippen molar-refractivity contribution in [1.29, 1.82) is 0 Å². The Labute approximate surface area is 142 Å². The summed E-state index contributed by atoms with van der Waals surface area (Å²) < 4.78 is 39.7. The Morgan fingerprint density at radius 1 is 1.25 bits per heavy atom. The second-order valence-electron chi connectivity index (χ2n) is 6.25. The number of hydrogen-bond acceptors (Lipinski definition) is 3. The van der Waals surface area contributed by atoms with E-state index in [4.69, 9.17) is 0 Å². The highest BCUT2D eigenvalue weighted by Gasteiger charge is 2.32. The van der Waals surface area contributed by atoms with Gasteiger partial charge < -0.3 is 5.32 Å². The van der Waals surface area contributed by atoms with E-state index in [2.05, 4.69) is 5.32 Å². The molecule has 0 radical (unpaired) electrons. The van der Waals surface area contributed by atoms with Crippen molar-refractivity contribution in [2.45, 2.75) is 25.8 Å². The van der Waals surface area contributed by atoms with Crippen LogP contribution in [-0.4, -0.2) is 50.1 Å². The number of carbonyl (C=O) groups is 1. The lowest BCUT2D eigenvalue weighted by atomic mass is 9.96. The molecular weight excluding hydrogens is 333 g/mol. The monoisotopic (exact) mass is 357 g/mol. The van der Waals surface area contributed by atoms with Crippen LogP contribution in [0.1, 0.15) is 31.4 Å². The molecule has 1 aliphatic heterocycles. The molecule has 1 unspecified atom stereocenters. The molecule has 1 amide bonds. The molecule has 6 nitrogen and oxygen atoms in total. The minimum absolute atomic E-state index is 0.0891. The zero-order valence-corrected chi connectivity index (χ0v) is 15.0. The Bertz CT molecular complexity index is 668. The lowest BCUT2D eigenvalue weighted by molar-refractivity contribution is -0.126. The maximum Gasteiger partial charge on any atom is 0.281 e. The fraction of sp³-hybridized carbons (Fsp3) is 0.562. The van der Waals surface area contributed by atoms with Crippen LogP contribution in [0.25, 0.3) is 0 Å². The summed E-state index contributed by atoms with van der Waals surface area (Å²) in [5.41, 5.74) is 0.831. The largest absolute Gasteiger partial charge is 0.349 e. The van der Waals surface area contributed by atoms with Crippen molar-refractivity contribution in [3.05, 3.63) is 35.6 Å². The molecule has 134 valence electrons. The van der Waals surface area contributed by atoms with E-state index >= 15 is 0 Å². The predicted molar refractivity (Wildman–Crippen MR) is 89.9 cm³/mol. The molecule has 1 N–H and O–H groups in total. The van der Waals surface area contributed by atoms with E-state index in [0.29, 0.717) is 25.9 Å². The molecule has 0 aliphatic carbocycles. The molecule has 1 aromatic carbocycles. The third-order valence-electron chi connectivity index (χ3n) is 4.34. The molecule has 1 fully saturated rings. The molecule has 0 bridgehead atoms. The lowest BCUT2D eigenvalue weighted by Gasteiger charge is -2.32. The van der Waals surface area contributed by atoms with Gasteiger partial charge in [-0.3, -0.25) is 4.79 Å². The molecule has 8 heteroatoms. The van der Waals surface area contributed by atoms with E-state index in [1.807, 2.05) is 6.92 Å². The molecule has 0 aromatic heterocycles. The number of hydrogen-bond donors (Lipinski definition) is 1. The number of carbonyl (C=O) groups excluding carboxylic acids is 1. The first-order chi connectivity index (χ1) is 11.2. The third-order valence-corrected chi connectivity index (χ3v) is 6.28. The van der Waals surface area contributed by atoms with Crippen molar-refractivity contribution in [1.82, 2.24) is 13.9 Å². The molecule has 24 heavy (non-hydrogen) atoms. The van der Waals surface area contributed by atoms with Crippen LogP contribution in [-0.2, 0) is 15.0 Å².